The topological polar surface area (TPSA) is 114 Å². The zero-order chi connectivity index (χ0) is 24.1. The van der Waals surface area contributed by atoms with E-state index in [4.69, 9.17) is 16.3 Å². The predicted molar refractivity (Wildman–Crippen MR) is 132 cm³/mol. The number of ether oxygens (including phenoxy) is 1. The average molecular weight is 476 g/mol. The van der Waals surface area contributed by atoms with Gasteiger partial charge in [0.2, 0.25) is 11.9 Å². The molecular weight excluding hydrogens is 454 g/mol. The van der Waals surface area contributed by atoms with Crippen LogP contribution in [-0.4, -0.2) is 40.0 Å². The number of aryl methyl sites for hydroxylation is 1. The van der Waals surface area contributed by atoms with E-state index in [1.165, 1.54) is 6.20 Å². The van der Waals surface area contributed by atoms with E-state index in [1.807, 2.05) is 31.2 Å². The smallest absolute Gasteiger partial charge is 0.251 e. The van der Waals surface area contributed by atoms with Crippen LogP contribution in [0.25, 0.3) is 11.1 Å². The second-order valence-corrected chi connectivity index (χ2v) is 7.64. The molecule has 0 unspecified atom stereocenters. The van der Waals surface area contributed by atoms with Crippen molar-refractivity contribution in [1.29, 1.82) is 0 Å². The van der Waals surface area contributed by atoms with Crippen LogP contribution in [0, 0.1) is 6.92 Å². The number of nitrogens with zero attached hydrogens (tertiary/aromatic N) is 4. The summed E-state index contributed by atoms with van der Waals surface area (Å²) in [5.74, 6) is 1.54. The molecule has 0 aliphatic rings. The standard InChI is InChI=1S/C24H22ClN7O2/c1-14-11-19(20(34-3)12-17(14)15-5-7-16(8-6-15)22(33)26-2)30-24-29-13-18(25)21(32-24)31-23-27-9-4-10-28-23/h4-13H,1-3H3,(H,26,33)(H2,27,28,29,30,31,32). The summed E-state index contributed by atoms with van der Waals surface area (Å²) in [7, 11) is 3.20. The zero-order valence-corrected chi connectivity index (χ0v) is 19.5. The summed E-state index contributed by atoms with van der Waals surface area (Å²) < 4.78 is 5.62. The van der Waals surface area contributed by atoms with Crippen LogP contribution >= 0.6 is 11.6 Å². The van der Waals surface area contributed by atoms with E-state index >= 15 is 0 Å². The highest BCUT2D eigenvalue weighted by Crippen LogP contribution is 2.35. The number of carbonyl (C=O) groups is 1. The summed E-state index contributed by atoms with van der Waals surface area (Å²) in [5.41, 5.74) is 4.23. The Labute approximate surface area is 201 Å². The lowest BCUT2D eigenvalue weighted by Crippen LogP contribution is -2.17. The summed E-state index contributed by atoms with van der Waals surface area (Å²) in [6.45, 7) is 2.00. The van der Waals surface area contributed by atoms with Crippen molar-refractivity contribution in [2.24, 2.45) is 0 Å². The van der Waals surface area contributed by atoms with Crippen LogP contribution in [0.15, 0.2) is 61.1 Å². The van der Waals surface area contributed by atoms with Crippen LogP contribution in [0.4, 0.5) is 23.4 Å². The Balaban J connectivity index is 1.61. The maximum atomic E-state index is 11.8. The van der Waals surface area contributed by atoms with Crippen molar-refractivity contribution in [3.8, 4) is 16.9 Å². The molecule has 4 rings (SSSR count). The van der Waals surface area contributed by atoms with Crippen LogP contribution in [0.3, 0.4) is 0 Å². The first kappa shape index (κ1) is 22.9. The second-order valence-electron chi connectivity index (χ2n) is 7.24. The summed E-state index contributed by atoms with van der Waals surface area (Å²) in [6, 6.07) is 13.0. The van der Waals surface area contributed by atoms with Crippen LogP contribution in [-0.2, 0) is 0 Å². The quantitative estimate of drug-likeness (QED) is 0.351. The van der Waals surface area contributed by atoms with Crippen molar-refractivity contribution >= 4 is 40.9 Å². The van der Waals surface area contributed by atoms with Gasteiger partial charge in [0.1, 0.15) is 10.8 Å². The maximum Gasteiger partial charge on any atom is 0.251 e. The number of anilines is 4. The number of hydrogen-bond donors (Lipinski definition) is 3. The summed E-state index contributed by atoms with van der Waals surface area (Å²) in [5, 5.41) is 9.12. The maximum absolute atomic E-state index is 11.8. The van der Waals surface area contributed by atoms with Crippen LogP contribution in [0.5, 0.6) is 5.75 Å². The molecule has 0 fully saturated rings. The molecule has 10 heteroatoms. The summed E-state index contributed by atoms with van der Waals surface area (Å²) >= 11 is 6.24. The minimum atomic E-state index is -0.129. The molecule has 2 heterocycles. The predicted octanol–water partition coefficient (Wildman–Crippen LogP) is 4.75. The fourth-order valence-corrected chi connectivity index (χ4v) is 3.45. The van der Waals surface area contributed by atoms with E-state index in [0.29, 0.717) is 39.7 Å². The molecule has 0 atom stereocenters. The molecule has 0 saturated carbocycles. The number of methoxy groups -OCH3 is 1. The number of carbonyl (C=O) groups excluding carboxylic acids is 1. The Morgan fingerprint density at radius 3 is 2.41 bits per heavy atom. The molecule has 9 nitrogen and oxygen atoms in total. The molecule has 1 amide bonds. The van der Waals surface area contributed by atoms with Gasteiger partial charge in [-0.2, -0.15) is 4.98 Å². The highest BCUT2D eigenvalue weighted by molar-refractivity contribution is 6.32. The number of rotatable bonds is 7. The lowest BCUT2D eigenvalue weighted by atomic mass is 9.98. The van der Waals surface area contributed by atoms with E-state index in [0.717, 1.165) is 16.7 Å². The third-order valence-electron chi connectivity index (χ3n) is 5.02. The molecule has 0 saturated heterocycles. The van der Waals surface area contributed by atoms with Gasteiger partial charge in [-0.3, -0.25) is 4.79 Å². The van der Waals surface area contributed by atoms with E-state index < -0.39 is 0 Å². The molecule has 0 bridgehead atoms. The average Bonchev–Trinajstić information content (AvgIpc) is 2.86. The lowest BCUT2D eigenvalue weighted by Gasteiger charge is -2.15. The number of hydrogen-bond acceptors (Lipinski definition) is 8. The number of benzene rings is 2. The van der Waals surface area contributed by atoms with Crippen molar-refractivity contribution in [3.63, 3.8) is 0 Å². The van der Waals surface area contributed by atoms with Crippen molar-refractivity contribution in [2.75, 3.05) is 24.8 Å². The second kappa shape index (κ2) is 10.1. The van der Waals surface area contributed by atoms with Gasteiger partial charge in [0.15, 0.2) is 5.82 Å². The first-order chi connectivity index (χ1) is 16.5. The molecule has 2 aromatic carbocycles. The Kier molecular flexibility index (Phi) is 6.84. The van der Waals surface area contributed by atoms with Gasteiger partial charge in [-0.15, -0.1) is 0 Å². The van der Waals surface area contributed by atoms with Gasteiger partial charge in [0.05, 0.1) is 19.0 Å². The Morgan fingerprint density at radius 1 is 1.00 bits per heavy atom. The summed E-state index contributed by atoms with van der Waals surface area (Å²) in [4.78, 5) is 28.8. The molecule has 0 spiro atoms. The SMILES string of the molecule is CNC(=O)c1ccc(-c2cc(OC)c(Nc3ncc(Cl)c(Nc4ncccn4)n3)cc2C)cc1. The molecular formula is C24H22ClN7O2. The Bertz CT molecular complexity index is 1320. The molecule has 172 valence electrons. The molecule has 0 radical (unpaired) electrons. The molecule has 0 aliphatic heterocycles. The van der Waals surface area contributed by atoms with Gasteiger partial charge < -0.3 is 20.7 Å². The minimum absolute atomic E-state index is 0.129. The number of amides is 1. The molecule has 34 heavy (non-hydrogen) atoms. The van der Waals surface area contributed by atoms with E-state index in [1.54, 1.807) is 44.8 Å². The van der Waals surface area contributed by atoms with Gasteiger partial charge in [0, 0.05) is 25.0 Å². The first-order valence-electron chi connectivity index (χ1n) is 10.3. The van der Waals surface area contributed by atoms with E-state index in [2.05, 4.69) is 35.9 Å². The third kappa shape index (κ3) is 5.05. The Hall–Kier alpha value is -4.24. The lowest BCUT2D eigenvalue weighted by molar-refractivity contribution is 0.0963. The molecule has 2 aromatic heterocycles. The van der Waals surface area contributed by atoms with Crippen molar-refractivity contribution in [1.82, 2.24) is 25.3 Å². The fourth-order valence-electron chi connectivity index (χ4n) is 3.32. The van der Waals surface area contributed by atoms with Gasteiger partial charge in [-0.05, 0) is 53.9 Å². The van der Waals surface area contributed by atoms with Crippen LogP contribution < -0.4 is 20.7 Å². The van der Waals surface area contributed by atoms with Gasteiger partial charge in [0.25, 0.3) is 5.91 Å². The van der Waals surface area contributed by atoms with Gasteiger partial charge in [-0.1, -0.05) is 23.7 Å². The largest absolute Gasteiger partial charge is 0.495 e. The van der Waals surface area contributed by atoms with Gasteiger partial charge >= 0.3 is 0 Å². The fraction of sp³-hybridized carbons (Fsp3) is 0.125. The summed E-state index contributed by atoms with van der Waals surface area (Å²) in [6.07, 6.45) is 4.72. The number of aromatic nitrogens is 4. The zero-order valence-electron chi connectivity index (χ0n) is 18.8. The highest BCUT2D eigenvalue weighted by Gasteiger charge is 2.14. The number of halogens is 1. The molecule has 0 aliphatic carbocycles. The van der Waals surface area contributed by atoms with E-state index in [9.17, 15) is 4.79 Å². The minimum Gasteiger partial charge on any atom is -0.495 e. The molecule has 4 aromatic rings. The van der Waals surface area contributed by atoms with Crippen molar-refractivity contribution in [2.45, 2.75) is 6.92 Å². The van der Waals surface area contributed by atoms with E-state index in [-0.39, 0.29) is 5.91 Å². The van der Waals surface area contributed by atoms with Gasteiger partial charge in [-0.25, -0.2) is 15.0 Å². The Morgan fingerprint density at radius 2 is 1.74 bits per heavy atom. The first-order valence-corrected chi connectivity index (χ1v) is 10.7. The van der Waals surface area contributed by atoms with Crippen LogP contribution in [0.1, 0.15) is 15.9 Å². The normalized spacial score (nSPS) is 10.5. The van der Waals surface area contributed by atoms with Crippen molar-refractivity contribution < 1.29 is 9.53 Å². The molecule has 3 N–H and O–H groups in total. The number of nitrogens with one attached hydrogen (secondary N) is 3. The monoisotopic (exact) mass is 475 g/mol. The van der Waals surface area contributed by atoms with Crippen LogP contribution in [0.2, 0.25) is 5.02 Å². The third-order valence-corrected chi connectivity index (χ3v) is 5.29. The van der Waals surface area contributed by atoms with Crippen molar-refractivity contribution in [3.05, 3.63) is 77.2 Å². The highest BCUT2D eigenvalue weighted by atomic mass is 35.5.